The summed E-state index contributed by atoms with van der Waals surface area (Å²) in [5.74, 6) is -0.0454. The number of amides is 1. The van der Waals surface area contributed by atoms with E-state index in [4.69, 9.17) is 14.1 Å². The third kappa shape index (κ3) is 4.42. The number of nitrogens with one attached hydrogen (secondary N) is 1. The van der Waals surface area contributed by atoms with Crippen LogP contribution in [0.5, 0.6) is 0 Å². The van der Waals surface area contributed by atoms with Gasteiger partial charge in [0.2, 0.25) is 0 Å². The highest BCUT2D eigenvalue weighted by Gasteiger charge is 2.19. The van der Waals surface area contributed by atoms with Crippen molar-refractivity contribution in [3.8, 4) is 11.3 Å². The quantitative estimate of drug-likeness (QED) is 0.461. The summed E-state index contributed by atoms with van der Waals surface area (Å²) in [5.41, 5.74) is 2.70. The molecule has 0 unspecified atom stereocenters. The number of carbonyl (C=O) groups excluding carboxylic acids is 1. The van der Waals surface area contributed by atoms with Gasteiger partial charge in [0.05, 0.1) is 24.3 Å². The molecule has 0 atom stereocenters. The molecule has 0 spiro atoms. The minimum atomic E-state index is -0.302. The molecule has 0 radical (unpaired) electrons. The number of ether oxygens (including phenoxy) is 1. The molecule has 4 aromatic rings. The van der Waals surface area contributed by atoms with Gasteiger partial charge >= 0.3 is 0 Å². The zero-order chi connectivity index (χ0) is 20.8. The zero-order valence-electron chi connectivity index (χ0n) is 16.4. The van der Waals surface area contributed by atoms with Gasteiger partial charge in [0, 0.05) is 19.2 Å². The van der Waals surface area contributed by atoms with E-state index in [1.807, 2.05) is 60.7 Å². The van der Waals surface area contributed by atoms with Gasteiger partial charge in [-0.15, -0.1) is 0 Å². The van der Waals surface area contributed by atoms with Gasteiger partial charge in [-0.3, -0.25) is 4.79 Å². The number of carbonyl (C=O) groups is 1. The van der Waals surface area contributed by atoms with Crippen LogP contribution in [-0.2, 0) is 11.3 Å². The molecule has 4 rings (SSSR count). The Balaban J connectivity index is 1.87. The lowest BCUT2D eigenvalue weighted by molar-refractivity contribution is 0.0997. The Morgan fingerprint density at radius 3 is 2.47 bits per heavy atom. The van der Waals surface area contributed by atoms with Crippen molar-refractivity contribution in [1.29, 1.82) is 0 Å². The average Bonchev–Trinajstić information content (AvgIpc) is 3.42. The van der Waals surface area contributed by atoms with Crippen molar-refractivity contribution in [2.24, 2.45) is 4.99 Å². The first-order valence-corrected chi connectivity index (χ1v) is 10.3. The van der Waals surface area contributed by atoms with Crippen LogP contribution >= 0.6 is 11.3 Å². The third-order valence-corrected chi connectivity index (χ3v) is 5.42. The molecule has 1 N–H and O–H groups in total. The molecule has 2 aromatic carbocycles. The lowest BCUT2D eigenvalue weighted by atomic mass is 10.1. The Bertz CT molecular complexity index is 1160. The van der Waals surface area contributed by atoms with Crippen LogP contribution in [0.25, 0.3) is 11.3 Å². The van der Waals surface area contributed by atoms with Crippen molar-refractivity contribution in [3.63, 3.8) is 0 Å². The Morgan fingerprint density at radius 1 is 1.07 bits per heavy atom. The highest BCUT2D eigenvalue weighted by atomic mass is 32.1. The van der Waals surface area contributed by atoms with Crippen LogP contribution in [-0.4, -0.2) is 24.2 Å². The third-order valence-electron chi connectivity index (χ3n) is 4.43. The minimum Gasteiger partial charge on any atom is -0.459 e. The molecule has 0 aliphatic heterocycles. The predicted molar refractivity (Wildman–Crippen MR) is 118 cm³/mol. The highest BCUT2D eigenvalue weighted by molar-refractivity contribution is 7.14. The number of nitrogens with zero attached hydrogens (tertiary/aromatic N) is 2. The van der Waals surface area contributed by atoms with Crippen molar-refractivity contribution in [1.82, 2.24) is 4.57 Å². The minimum absolute atomic E-state index is 0.257. The summed E-state index contributed by atoms with van der Waals surface area (Å²) in [6, 6.07) is 23.0. The van der Waals surface area contributed by atoms with E-state index < -0.39 is 0 Å². The molecule has 1 amide bonds. The maximum Gasteiger partial charge on any atom is 0.292 e. The number of hydrogen-bond donors (Lipinski definition) is 1. The lowest BCUT2D eigenvalue weighted by Gasteiger charge is -2.11. The summed E-state index contributed by atoms with van der Waals surface area (Å²) in [6.45, 7) is 1.11. The first kappa shape index (κ1) is 19.9. The van der Waals surface area contributed by atoms with E-state index in [2.05, 4.69) is 9.88 Å². The van der Waals surface area contributed by atoms with Crippen LogP contribution in [0, 0.1) is 0 Å². The molecular formula is C23H21N3O3S. The number of anilines is 1. The first-order valence-electron chi connectivity index (χ1n) is 9.49. The fourth-order valence-corrected chi connectivity index (χ4v) is 4.13. The summed E-state index contributed by atoms with van der Waals surface area (Å²) in [4.78, 5) is 18.3. The summed E-state index contributed by atoms with van der Waals surface area (Å²) in [5, 5.41) is 3.70. The van der Waals surface area contributed by atoms with E-state index >= 15 is 0 Å². The van der Waals surface area contributed by atoms with E-state index in [1.165, 1.54) is 17.6 Å². The molecule has 2 heterocycles. The number of methoxy groups -OCH3 is 1. The van der Waals surface area contributed by atoms with Gasteiger partial charge in [-0.25, -0.2) is 4.99 Å². The van der Waals surface area contributed by atoms with E-state index in [9.17, 15) is 4.79 Å². The molecule has 0 aliphatic rings. The molecule has 0 fully saturated rings. The van der Waals surface area contributed by atoms with Gasteiger partial charge < -0.3 is 19.0 Å². The maximum atomic E-state index is 12.7. The molecule has 0 saturated heterocycles. The molecule has 152 valence electrons. The summed E-state index contributed by atoms with van der Waals surface area (Å²) >= 11 is 1.42. The fourth-order valence-electron chi connectivity index (χ4n) is 3.04. The molecule has 0 aliphatic carbocycles. The molecule has 7 heteroatoms. The number of thiazole rings is 1. The van der Waals surface area contributed by atoms with E-state index in [0.29, 0.717) is 18.2 Å². The predicted octanol–water partition coefficient (Wildman–Crippen LogP) is 4.94. The Hall–Kier alpha value is -3.42. The lowest BCUT2D eigenvalue weighted by Crippen LogP contribution is -2.19. The van der Waals surface area contributed by atoms with E-state index in [0.717, 1.165) is 21.7 Å². The number of rotatable bonds is 7. The fraction of sp³-hybridized carbons (Fsp3) is 0.130. The smallest absolute Gasteiger partial charge is 0.292 e. The molecular weight excluding hydrogens is 398 g/mol. The second-order valence-corrected chi connectivity index (χ2v) is 7.43. The Kier molecular flexibility index (Phi) is 6.22. The standard InChI is InChI=1S/C23H21N3O3S/c1-28-16-14-26-20(17-9-4-2-5-10-17)22(25-21(27)19-13-8-15-29-19)30-23(26)24-18-11-6-3-7-12-18/h2-13,15H,14,16H2,1H3,(H,25,27). The number of benzene rings is 2. The zero-order valence-corrected chi connectivity index (χ0v) is 17.3. The topological polar surface area (TPSA) is 68.8 Å². The van der Waals surface area contributed by atoms with Crippen molar-refractivity contribution >= 4 is 27.9 Å². The van der Waals surface area contributed by atoms with Gasteiger partial charge in [-0.2, -0.15) is 0 Å². The van der Waals surface area contributed by atoms with Gasteiger partial charge in [0.25, 0.3) is 5.91 Å². The maximum absolute atomic E-state index is 12.7. The normalized spacial score (nSPS) is 11.6. The van der Waals surface area contributed by atoms with E-state index in [1.54, 1.807) is 19.2 Å². The van der Waals surface area contributed by atoms with Crippen LogP contribution in [0.15, 0.2) is 88.5 Å². The number of furan rings is 1. The summed E-state index contributed by atoms with van der Waals surface area (Å²) in [6.07, 6.45) is 1.48. The van der Waals surface area contributed by atoms with Crippen LogP contribution in [0.3, 0.4) is 0 Å². The average molecular weight is 420 g/mol. The number of para-hydroxylation sites is 1. The van der Waals surface area contributed by atoms with Gasteiger partial charge in [0.15, 0.2) is 10.6 Å². The van der Waals surface area contributed by atoms with Crippen molar-refractivity contribution in [3.05, 3.63) is 89.6 Å². The molecule has 30 heavy (non-hydrogen) atoms. The van der Waals surface area contributed by atoms with Crippen LogP contribution in [0.4, 0.5) is 10.7 Å². The van der Waals surface area contributed by atoms with Crippen LogP contribution < -0.4 is 10.1 Å². The molecule has 0 bridgehead atoms. The SMILES string of the molecule is COCCn1c(-c2ccccc2)c(NC(=O)c2ccco2)sc1=Nc1ccccc1. The molecule has 2 aromatic heterocycles. The number of hydrogen-bond acceptors (Lipinski definition) is 5. The van der Waals surface area contributed by atoms with Crippen molar-refractivity contribution < 1.29 is 13.9 Å². The van der Waals surface area contributed by atoms with Gasteiger partial charge in [-0.05, 0) is 24.3 Å². The van der Waals surface area contributed by atoms with Crippen molar-refractivity contribution in [2.75, 3.05) is 19.0 Å². The second kappa shape index (κ2) is 9.39. The van der Waals surface area contributed by atoms with E-state index in [-0.39, 0.29) is 11.7 Å². The highest BCUT2D eigenvalue weighted by Crippen LogP contribution is 2.31. The summed E-state index contributed by atoms with van der Waals surface area (Å²) in [7, 11) is 1.67. The second-order valence-electron chi connectivity index (χ2n) is 6.45. The monoisotopic (exact) mass is 419 g/mol. The Morgan fingerprint density at radius 2 is 1.80 bits per heavy atom. The largest absolute Gasteiger partial charge is 0.459 e. The van der Waals surface area contributed by atoms with Crippen LogP contribution in [0.1, 0.15) is 10.6 Å². The van der Waals surface area contributed by atoms with Gasteiger partial charge in [-0.1, -0.05) is 59.9 Å². The molecule has 0 saturated carbocycles. The van der Waals surface area contributed by atoms with Gasteiger partial charge in [0.1, 0.15) is 5.00 Å². The molecule has 6 nitrogen and oxygen atoms in total. The number of aromatic nitrogens is 1. The Labute approximate surface area is 178 Å². The summed E-state index contributed by atoms with van der Waals surface area (Å²) < 4.78 is 12.7. The first-order chi connectivity index (χ1) is 14.8. The van der Waals surface area contributed by atoms with Crippen LogP contribution in [0.2, 0.25) is 0 Å². The van der Waals surface area contributed by atoms with Crippen molar-refractivity contribution in [2.45, 2.75) is 6.54 Å².